The maximum Gasteiger partial charge on any atom is 0.255 e. The van der Waals surface area contributed by atoms with E-state index in [1.165, 1.54) is 11.0 Å². The summed E-state index contributed by atoms with van der Waals surface area (Å²) in [5, 5.41) is 23.7. The van der Waals surface area contributed by atoms with Gasteiger partial charge in [0.05, 0.1) is 29.9 Å². The molecule has 1 saturated heterocycles. The molecule has 0 spiro atoms. The van der Waals surface area contributed by atoms with E-state index in [1.54, 1.807) is 28.9 Å². The van der Waals surface area contributed by atoms with Gasteiger partial charge in [0, 0.05) is 46.9 Å². The summed E-state index contributed by atoms with van der Waals surface area (Å²) >= 11 is 0. The number of aromatic hydroxyl groups is 1. The molecule has 2 N–H and O–H groups in total. The van der Waals surface area contributed by atoms with Crippen LogP contribution in [0.5, 0.6) is 5.75 Å². The van der Waals surface area contributed by atoms with Gasteiger partial charge in [0.15, 0.2) is 11.6 Å². The van der Waals surface area contributed by atoms with E-state index in [1.807, 2.05) is 31.2 Å². The number of alkyl halides is 1. The molecule has 2 aliphatic rings. The van der Waals surface area contributed by atoms with Gasteiger partial charge in [0.1, 0.15) is 11.9 Å². The molecule has 0 unspecified atom stereocenters. The van der Waals surface area contributed by atoms with Crippen molar-refractivity contribution < 1.29 is 18.7 Å². The predicted octanol–water partition coefficient (Wildman–Crippen LogP) is 6.39. The van der Waals surface area contributed by atoms with Crippen LogP contribution in [-0.4, -0.2) is 55.1 Å². The van der Waals surface area contributed by atoms with E-state index in [4.69, 9.17) is 10.5 Å². The number of hydrogen-bond donors (Lipinski definition) is 2. The molecule has 7 rings (SSSR count). The average molecular weight is 554 g/mol. The van der Waals surface area contributed by atoms with Crippen LogP contribution in [0.25, 0.3) is 38.9 Å². The lowest BCUT2D eigenvalue weighted by Crippen LogP contribution is -2.45. The number of rotatable bonds is 5. The van der Waals surface area contributed by atoms with Crippen LogP contribution in [0, 0.1) is 24.1 Å². The van der Waals surface area contributed by atoms with E-state index < -0.39 is 12.0 Å². The van der Waals surface area contributed by atoms with Crippen LogP contribution in [0.4, 0.5) is 8.78 Å². The number of phenols is 1. The number of fused-ring (bicyclic) bond motifs is 2. The zero-order valence-electron chi connectivity index (χ0n) is 22.6. The minimum atomic E-state index is -1.22. The Morgan fingerprint density at radius 1 is 1.12 bits per heavy atom. The number of pyridine rings is 1. The van der Waals surface area contributed by atoms with E-state index in [0.717, 1.165) is 52.8 Å². The number of hydrogen-bond acceptors (Lipinski definition) is 4. The van der Waals surface area contributed by atoms with Gasteiger partial charge in [-0.05, 0) is 61.6 Å². The first-order valence-corrected chi connectivity index (χ1v) is 13.9. The van der Waals surface area contributed by atoms with Crippen LogP contribution < -0.4 is 0 Å². The van der Waals surface area contributed by atoms with Crippen molar-refractivity contribution in [3.63, 3.8) is 0 Å². The summed E-state index contributed by atoms with van der Waals surface area (Å²) in [5.41, 5.74) is 6.16. The topological polar surface area (TPSA) is 86.6 Å². The Morgan fingerprint density at radius 2 is 1.95 bits per heavy atom. The monoisotopic (exact) mass is 553 g/mol. The molecule has 9 heteroatoms. The van der Waals surface area contributed by atoms with Crippen molar-refractivity contribution in [2.75, 3.05) is 13.1 Å². The number of halogens is 2. The summed E-state index contributed by atoms with van der Waals surface area (Å²) in [6, 6.07) is 16.1. The number of aromatic nitrogens is 3. The fourth-order valence-electron chi connectivity index (χ4n) is 5.93. The second-order valence-electron chi connectivity index (χ2n) is 11.3. The van der Waals surface area contributed by atoms with Crippen LogP contribution in [0.15, 0.2) is 60.8 Å². The molecule has 208 valence electrons. The third-order valence-electron chi connectivity index (χ3n) is 8.25. The minimum Gasteiger partial charge on any atom is -0.505 e. The van der Waals surface area contributed by atoms with Crippen molar-refractivity contribution in [1.82, 2.24) is 19.1 Å². The highest BCUT2D eigenvalue weighted by atomic mass is 19.1. The van der Waals surface area contributed by atoms with Crippen LogP contribution in [0.3, 0.4) is 0 Å². The van der Waals surface area contributed by atoms with E-state index in [0.29, 0.717) is 22.6 Å². The fraction of sp³-hybridized carbons (Fsp3) is 0.281. The predicted molar refractivity (Wildman–Crippen MR) is 154 cm³/mol. The van der Waals surface area contributed by atoms with E-state index >= 15 is 0 Å². The van der Waals surface area contributed by atoms with Crippen LogP contribution in [0.1, 0.15) is 35.2 Å². The van der Waals surface area contributed by atoms with Crippen LogP contribution in [-0.2, 0) is 6.54 Å². The zero-order valence-corrected chi connectivity index (χ0v) is 22.6. The molecule has 0 bridgehead atoms. The third kappa shape index (κ3) is 4.45. The van der Waals surface area contributed by atoms with Crippen molar-refractivity contribution in [3.05, 3.63) is 77.7 Å². The molecule has 5 aromatic rings. The van der Waals surface area contributed by atoms with Crippen molar-refractivity contribution in [3.8, 4) is 28.3 Å². The van der Waals surface area contributed by atoms with Crippen LogP contribution >= 0.6 is 0 Å². The van der Waals surface area contributed by atoms with Crippen molar-refractivity contribution in [2.24, 2.45) is 5.92 Å². The van der Waals surface area contributed by atoms with Gasteiger partial charge < -0.3 is 20.0 Å². The Kier molecular flexibility index (Phi) is 5.92. The first-order chi connectivity index (χ1) is 19.8. The number of phenolic OH excluding ortho intramolecular Hbond substituents is 1. The molecular weight excluding hydrogens is 524 g/mol. The molecule has 2 fully saturated rings. The molecule has 1 saturated carbocycles. The molecule has 1 atom stereocenters. The Labute approximate surface area is 235 Å². The lowest BCUT2D eigenvalue weighted by molar-refractivity contribution is 0.0717. The Hall–Kier alpha value is -4.53. The van der Waals surface area contributed by atoms with Gasteiger partial charge in [-0.15, -0.1) is 0 Å². The summed E-state index contributed by atoms with van der Waals surface area (Å²) in [4.78, 5) is 14.5. The lowest BCUT2D eigenvalue weighted by atomic mass is 10.0. The number of piperidine rings is 1. The molecule has 1 amide bonds. The summed E-state index contributed by atoms with van der Waals surface area (Å²) in [6.45, 7) is 2.94. The first kappa shape index (κ1) is 25.4. The summed E-state index contributed by atoms with van der Waals surface area (Å²) in [7, 11) is 0. The SMILES string of the molecule is Cc1c(-c2cc3ccc(-c4cccc(O)c4F)cc3n2CC2CC2)nn2cc(C(=O)N3CC(=N)C[C@@H](F)C3)ccc12. The number of amides is 1. The van der Waals surface area contributed by atoms with Gasteiger partial charge in [-0.2, -0.15) is 5.10 Å². The zero-order chi connectivity index (χ0) is 28.4. The molecule has 1 aliphatic heterocycles. The second kappa shape index (κ2) is 9.54. The van der Waals surface area contributed by atoms with Gasteiger partial charge in [-0.3, -0.25) is 4.79 Å². The quantitative estimate of drug-likeness (QED) is 0.264. The van der Waals surface area contributed by atoms with Crippen molar-refractivity contribution in [1.29, 1.82) is 5.41 Å². The number of nitrogens with zero attached hydrogens (tertiary/aromatic N) is 4. The van der Waals surface area contributed by atoms with Gasteiger partial charge in [0.2, 0.25) is 0 Å². The smallest absolute Gasteiger partial charge is 0.255 e. The fourth-order valence-corrected chi connectivity index (χ4v) is 5.93. The Bertz CT molecular complexity index is 1870. The molecule has 0 radical (unpaired) electrons. The van der Waals surface area contributed by atoms with Gasteiger partial charge in [-0.25, -0.2) is 13.3 Å². The number of carbonyl (C=O) groups is 1. The Morgan fingerprint density at radius 3 is 2.73 bits per heavy atom. The standard InChI is InChI=1S/C32H29F2N5O2/c1-18-26-10-9-22(32(41)37-16-23(33)13-24(35)17-37)15-39(26)36-31(18)28-12-21-8-7-20(25-3-2-4-29(40)30(25)34)11-27(21)38(28)14-19-5-6-19/h2-4,7-12,15,19,23,35,40H,5-6,13-14,16-17H2,1H3/t23-/m1/s1. The van der Waals surface area contributed by atoms with E-state index in [9.17, 15) is 18.7 Å². The maximum absolute atomic E-state index is 14.8. The summed E-state index contributed by atoms with van der Waals surface area (Å²) < 4.78 is 32.8. The highest BCUT2D eigenvalue weighted by molar-refractivity contribution is 5.98. The molecular formula is C32H29F2N5O2. The largest absolute Gasteiger partial charge is 0.505 e. The number of benzene rings is 2. The minimum absolute atomic E-state index is 0.0155. The third-order valence-corrected chi connectivity index (χ3v) is 8.25. The molecule has 4 heterocycles. The summed E-state index contributed by atoms with van der Waals surface area (Å²) in [6.07, 6.45) is 2.84. The molecule has 41 heavy (non-hydrogen) atoms. The first-order valence-electron chi connectivity index (χ1n) is 13.9. The maximum atomic E-state index is 14.8. The summed E-state index contributed by atoms with van der Waals surface area (Å²) in [5.74, 6) is -0.770. The number of carbonyl (C=O) groups excluding carboxylic acids is 1. The molecule has 1 aliphatic carbocycles. The van der Waals surface area contributed by atoms with E-state index in [2.05, 4.69) is 10.6 Å². The molecule has 3 aromatic heterocycles. The highest BCUT2D eigenvalue weighted by Crippen LogP contribution is 2.39. The van der Waals surface area contributed by atoms with E-state index in [-0.39, 0.29) is 36.9 Å². The number of aryl methyl sites for hydroxylation is 1. The van der Waals surface area contributed by atoms with Crippen LogP contribution in [0.2, 0.25) is 0 Å². The normalized spacial score (nSPS) is 17.6. The molecule has 7 nitrogen and oxygen atoms in total. The van der Waals surface area contributed by atoms with Gasteiger partial charge >= 0.3 is 0 Å². The van der Waals surface area contributed by atoms with Gasteiger partial charge in [0.25, 0.3) is 5.91 Å². The number of likely N-dealkylation sites (tertiary alicyclic amines) is 1. The van der Waals surface area contributed by atoms with Crippen molar-refractivity contribution >= 4 is 28.0 Å². The highest BCUT2D eigenvalue weighted by Gasteiger charge is 2.29. The molecule has 2 aromatic carbocycles. The lowest BCUT2D eigenvalue weighted by Gasteiger charge is -2.29. The Balaban J connectivity index is 1.31. The van der Waals surface area contributed by atoms with Gasteiger partial charge in [-0.1, -0.05) is 24.3 Å². The van der Waals surface area contributed by atoms with Crippen molar-refractivity contribution in [2.45, 2.75) is 38.9 Å². The number of nitrogens with one attached hydrogen (secondary N) is 1. The average Bonchev–Trinajstić information content (AvgIpc) is 3.63. The second-order valence-corrected chi connectivity index (χ2v) is 11.3.